The van der Waals surface area contributed by atoms with Gasteiger partial charge in [-0.1, -0.05) is 6.07 Å². The number of ether oxygens (including phenoxy) is 1. The van der Waals surface area contributed by atoms with Crippen LogP contribution in [-0.4, -0.2) is 18.7 Å². The number of carbonyl (C=O) groups is 1. The number of hydrogen-bond acceptors (Lipinski definition) is 3. The topological polar surface area (TPSA) is 50.7 Å². The zero-order chi connectivity index (χ0) is 11.5. The highest BCUT2D eigenvalue weighted by Gasteiger charge is 2.16. The van der Waals surface area contributed by atoms with E-state index in [1.54, 1.807) is 7.11 Å². The average molecular weight is 218 g/mol. The van der Waals surface area contributed by atoms with Gasteiger partial charge < -0.3 is 4.74 Å². The van der Waals surface area contributed by atoms with E-state index < -0.39 is 0 Å². The summed E-state index contributed by atoms with van der Waals surface area (Å²) in [6, 6.07) is 5.95. The molecule has 2 rings (SSSR count). The highest BCUT2D eigenvalue weighted by atomic mass is 16.5. The SMILES string of the molecule is COc1cc(C)ccc1C1=NNC(=O)CC1. The van der Waals surface area contributed by atoms with Crippen molar-refractivity contribution in [2.24, 2.45) is 5.10 Å². The monoisotopic (exact) mass is 218 g/mol. The van der Waals surface area contributed by atoms with Gasteiger partial charge in [-0.05, 0) is 24.6 Å². The smallest absolute Gasteiger partial charge is 0.240 e. The fourth-order valence-corrected chi connectivity index (χ4v) is 1.71. The third-order valence-electron chi connectivity index (χ3n) is 2.57. The third kappa shape index (κ3) is 2.05. The van der Waals surface area contributed by atoms with E-state index in [1.165, 1.54) is 0 Å². The van der Waals surface area contributed by atoms with Gasteiger partial charge in [0.25, 0.3) is 0 Å². The first-order chi connectivity index (χ1) is 7.70. The Balaban J connectivity index is 2.36. The van der Waals surface area contributed by atoms with Crippen molar-refractivity contribution < 1.29 is 9.53 Å². The molecule has 0 spiro atoms. The summed E-state index contributed by atoms with van der Waals surface area (Å²) < 4.78 is 5.31. The molecule has 4 heteroatoms. The van der Waals surface area contributed by atoms with Crippen molar-refractivity contribution >= 4 is 11.6 Å². The highest BCUT2D eigenvalue weighted by molar-refractivity contribution is 6.06. The van der Waals surface area contributed by atoms with Crippen LogP contribution in [0.4, 0.5) is 0 Å². The quantitative estimate of drug-likeness (QED) is 0.820. The van der Waals surface area contributed by atoms with Crippen molar-refractivity contribution in [1.29, 1.82) is 0 Å². The maximum atomic E-state index is 11.0. The molecule has 1 amide bonds. The van der Waals surface area contributed by atoms with E-state index in [2.05, 4.69) is 10.5 Å². The van der Waals surface area contributed by atoms with Crippen LogP contribution in [0, 0.1) is 6.92 Å². The lowest BCUT2D eigenvalue weighted by Gasteiger charge is -2.15. The number of amides is 1. The van der Waals surface area contributed by atoms with Crippen LogP contribution in [0.5, 0.6) is 5.75 Å². The average Bonchev–Trinajstić information content (AvgIpc) is 2.30. The van der Waals surface area contributed by atoms with E-state index in [9.17, 15) is 4.79 Å². The summed E-state index contributed by atoms with van der Waals surface area (Å²) >= 11 is 0. The number of nitrogens with one attached hydrogen (secondary N) is 1. The second-order valence-corrected chi connectivity index (χ2v) is 3.80. The Morgan fingerprint density at radius 3 is 2.81 bits per heavy atom. The minimum Gasteiger partial charge on any atom is -0.496 e. The molecule has 1 aliphatic heterocycles. The lowest BCUT2D eigenvalue weighted by molar-refractivity contribution is -0.121. The van der Waals surface area contributed by atoms with Gasteiger partial charge in [-0.15, -0.1) is 0 Å². The van der Waals surface area contributed by atoms with E-state index in [-0.39, 0.29) is 5.91 Å². The Morgan fingerprint density at radius 2 is 2.19 bits per heavy atom. The molecule has 0 fully saturated rings. The second kappa shape index (κ2) is 4.35. The lowest BCUT2D eigenvalue weighted by Crippen LogP contribution is -2.26. The molecule has 4 nitrogen and oxygen atoms in total. The van der Waals surface area contributed by atoms with Gasteiger partial charge >= 0.3 is 0 Å². The molecule has 1 aromatic rings. The summed E-state index contributed by atoms with van der Waals surface area (Å²) in [5.74, 6) is 0.768. The van der Waals surface area contributed by atoms with Gasteiger partial charge in [-0.2, -0.15) is 5.10 Å². The molecular weight excluding hydrogens is 204 g/mol. The molecule has 0 aromatic heterocycles. The summed E-state index contributed by atoms with van der Waals surface area (Å²) in [7, 11) is 1.64. The van der Waals surface area contributed by atoms with E-state index in [4.69, 9.17) is 4.74 Å². The van der Waals surface area contributed by atoms with Gasteiger partial charge in [0, 0.05) is 18.4 Å². The molecular formula is C12H14N2O2. The van der Waals surface area contributed by atoms with Crippen LogP contribution in [0.25, 0.3) is 0 Å². The molecule has 0 saturated heterocycles. The Bertz CT molecular complexity index is 452. The Labute approximate surface area is 94.3 Å². The van der Waals surface area contributed by atoms with E-state index >= 15 is 0 Å². The van der Waals surface area contributed by atoms with Crippen LogP contribution in [0.1, 0.15) is 24.0 Å². The van der Waals surface area contributed by atoms with Gasteiger partial charge in [0.05, 0.1) is 12.8 Å². The van der Waals surface area contributed by atoms with Crippen LogP contribution < -0.4 is 10.2 Å². The predicted octanol–water partition coefficient (Wildman–Crippen LogP) is 1.62. The standard InChI is InChI=1S/C12H14N2O2/c1-8-3-4-9(11(7-8)16-2)10-5-6-12(15)14-13-10/h3-4,7H,5-6H2,1-2H3,(H,14,15). The number of hydrazone groups is 1. The molecule has 0 saturated carbocycles. The number of nitrogens with zero attached hydrogens (tertiary/aromatic N) is 1. The molecule has 16 heavy (non-hydrogen) atoms. The Hall–Kier alpha value is -1.84. The maximum absolute atomic E-state index is 11.0. The molecule has 84 valence electrons. The zero-order valence-corrected chi connectivity index (χ0v) is 9.41. The van der Waals surface area contributed by atoms with Crippen LogP contribution in [0.15, 0.2) is 23.3 Å². The van der Waals surface area contributed by atoms with E-state index in [1.807, 2.05) is 25.1 Å². The lowest BCUT2D eigenvalue weighted by atomic mass is 10.0. The van der Waals surface area contributed by atoms with Crippen LogP contribution in [0.2, 0.25) is 0 Å². The van der Waals surface area contributed by atoms with Crippen molar-refractivity contribution in [3.05, 3.63) is 29.3 Å². The fourth-order valence-electron chi connectivity index (χ4n) is 1.71. The number of carbonyl (C=O) groups excluding carboxylic acids is 1. The van der Waals surface area contributed by atoms with E-state index in [0.29, 0.717) is 12.8 Å². The van der Waals surface area contributed by atoms with Crippen LogP contribution in [-0.2, 0) is 4.79 Å². The summed E-state index contributed by atoms with van der Waals surface area (Å²) in [5, 5.41) is 4.06. The van der Waals surface area contributed by atoms with Gasteiger partial charge in [-0.25, -0.2) is 5.43 Å². The zero-order valence-electron chi connectivity index (χ0n) is 9.41. The summed E-state index contributed by atoms with van der Waals surface area (Å²) in [5.41, 5.74) is 5.45. The Kier molecular flexibility index (Phi) is 2.90. The maximum Gasteiger partial charge on any atom is 0.240 e. The number of aryl methyl sites for hydroxylation is 1. The molecule has 1 heterocycles. The molecule has 0 radical (unpaired) electrons. The Morgan fingerprint density at radius 1 is 1.38 bits per heavy atom. The van der Waals surface area contributed by atoms with Crippen molar-refractivity contribution in [2.45, 2.75) is 19.8 Å². The van der Waals surface area contributed by atoms with Gasteiger partial charge in [-0.3, -0.25) is 4.79 Å². The number of methoxy groups -OCH3 is 1. The normalized spacial score (nSPS) is 15.4. The first-order valence-corrected chi connectivity index (χ1v) is 5.21. The largest absolute Gasteiger partial charge is 0.496 e. The molecule has 0 bridgehead atoms. The van der Waals surface area contributed by atoms with Gasteiger partial charge in [0.15, 0.2) is 0 Å². The van der Waals surface area contributed by atoms with Crippen LogP contribution >= 0.6 is 0 Å². The first kappa shape index (κ1) is 10.7. The third-order valence-corrected chi connectivity index (χ3v) is 2.57. The molecule has 1 aromatic carbocycles. The van der Waals surface area contributed by atoms with Crippen molar-refractivity contribution in [3.63, 3.8) is 0 Å². The van der Waals surface area contributed by atoms with Crippen molar-refractivity contribution in [3.8, 4) is 5.75 Å². The molecule has 0 aliphatic carbocycles. The molecule has 0 unspecified atom stereocenters. The minimum atomic E-state index is -0.0326. The molecule has 1 N–H and O–H groups in total. The number of rotatable bonds is 2. The van der Waals surface area contributed by atoms with Gasteiger partial charge in [0.1, 0.15) is 5.75 Å². The van der Waals surface area contributed by atoms with Crippen molar-refractivity contribution in [2.75, 3.05) is 7.11 Å². The first-order valence-electron chi connectivity index (χ1n) is 5.21. The van der Waals surface area contributed by atoms with Gasteiger partial charge in [0.2, 0.25) is 5.91 Å². The number of benzene rings is 1. The molecule has 1 aliphatic rings. The number of hydrogen-bond donors (Lipinski definition) is 1. The minimum absolute atomic E-state index is 0.0326. The summed E-state index contributed by atoms with van der Waals surface area (Å²) in [6.45, 7) is 2.01. The van der Waals surface area contributed by atoms with E-state index in [0.717, 1.165) is 22.6 Å². The summed E-state index contributed by atoms with van der Waals surface area (Å²) in [6.07, 6.45) is 1.14. The predicted molar refractivity (Wildman–Crippen MR) is 61.6 cm³/mol. The fraction of sp³-hybridized carbons (Fsp3) is 0.333. The van der Waals surface area contributed by atoms with Crippen molar-refractivity contribution in [1.82, 2.24) is 5.43 Å². The molecule has 0 atom stereocenters. The summed E-state index contributed by atoms with van der Waals surface area (Å²) in [4.78, 5) is 11.0. The highest BCUT2D eigenvalue weighted by Crippen LogP contribution is 2.23. The van der Waals surface area contributed by atoms with Crippen LogP contribution in [0.3, 0.4) is 0 Å². The second-order valence-electron chi connectivity index (χ2n) is 3.80.